The van der Waals surface area contributed by atoms with Crippen LogP contribution in [0.25, 0.3) is 0 Å². The number of aryl methyl sites for hydroxylation is 1. The summed E-state index contributed by atoms with van der Waals surface area (Å²) in [5.74, 6) is 0.101. The van der Waals surface area contributed by atoms with E-state index in [1.54, 1.807) is 4.90 Å². The minimum atomic E-state index is 0.101. The van der Waals surface area contributed by atoms with Crippen LogP contribution in [0.3, 0.4) is 0 Å². The highest BCUT2D eigenvalue weighted by atomic mass is 79.9. The first kappa shape index (κ1) is 14.3. The zero-order valence-corrected chi connectivity index (χ0v) is 13.2. The van der Waals surface area contributed by atoms with E-state index in [-0.39, 0.29) is 5.91 Å². The van der Waals surface area contributed by atoms with Crippen LogP contribution in [0.15, 0.2) is 46.3 Å². The number of benzene rings is 1. The van der Waals surface area contributed by atoms with Crippen molar-refractivity contribution in [3.05, 3.63) is 56.7 Å². The second-order valence-electron chi connectivity index (χ2n) is 4.42. The number of hydrogen-bond donors (Lipinski definition) is 0. The van der Waals surface area contributed by atoms with Gasteiger partial charge in [0.15, 0.2) is 0 Å². The van der Waals surface area contributed by atoms with Gasteiger partial charge in [-0.2, -0.15) is 0 Å². The number of rotatable bonds is 5. The van der Waals surface area contributed by atoms with Crippen molar-refractivity contribution >= 4 is 33.2 Å². The van der Waals surface area contributed by atoms with Gasteiger partial charge in [0.25, 0.3) is 5.91 Å². The summed E-state index contributed by atoms with van der Waals surface area (Å²) in [6.07, 6.45) is 1.99. The number of nitrogens with zero attached hydrogens (tertiary/aromatic N) is 1. The summed E-state index contributed by atoms with van der Waals surface area (Å²) in [5, 5.41) is 0. The molecule has 2 nitrogen and oxygen atoms in total. The lowest BCUT2D eigenvalue weighted by atomic mass is 10.1. The molecule has 0 aliphatic rings. The van der Waals surface area contributed by atoms with Crippen LogP contribution in [0.5, 0.6) is 0 Å². The summed E-state index contributed by atoms with van der Waals surface area (Å²) in [6, 6.07) is 14.1. The molecule has 1 aromatic carbocycles. The normalized spacial score (nSPS) is 10.4. The summed E-state index contributed by atoms with van der Waals surface area (Å²) in [4.78, 5) is 14.7. The van der Waals surface area contributed by atoms with Gasteiger partial charge in [-0.25, -0.2) is 0 Å². The third kappa shape index (κ3) is 4.18. The van der Waals surface area contributed by atoms with Gasteiger partial charge in [-0.15, -0.1) is 11.3 Å². The predicted molar refractivity (Wildman–Crippen MR) is 83.7 cm³/mol. The first-order valence-corrected chi connectivity index (χ1v) is 7.82. The number of carbonyl (C=O) groups excluding carboxylic acids is 1. The van der Waals surface area contributed by atoms with E-state index < -0.39 is 0 Å². The van der Waals surface area contributed by atoms with Crippen LogP contribution in [-0.4, -0.2) is 24.4 Å². The van der Waals surface area contributed by atoms with Crippen molar-refractivity contribution in [2.75, 3.05) is 13.6 Å². The molecule has 0 spiro atoms. The van der Waals surface area contributed by atoms with Gasteiger partial charge in [0, 0.05) is 13.6 Å². The zero-order chi connectivity index (χ0) is 13.7. The maximum Gasteiger partial charge on any atom is 0.263 e. The molecule has 100 valence electrons. The Labute approximate surface area is 126 Å². The largest absolute Gasteiger partial charge is 0.341 e. The Morgan fingerprint density at radius 2 is 1.95 bits per heavy atom. The quantitative estimate of drug-likeness (QED) is 0.799. The number of hydrogen-bond acceptors (Lipinski definition) is 2. The fraction of sp³-hybridized carbons (Fsp3) is 0.267. The molecule has 0 bridgehead atoms. The Morgan fingerprint density at radius 3 is 2.58 bits per heavy atom. The predicted octanol–water partition coefficient (Wildman–Crippen LogP) is 4.22. The van der Waals surface area contributed by atoms with Crippen molar-refractivity contribution in [2.45, 2.75) is 12.8 Å². The van der Waals surface area contributed by atoms with E-state index in [1.165, 1.54) is 16.9 Å². The molecule has 1 heterocycles. The van der Waals surface area contributed by atoms with Crippen LogP contribution in [0, 0.1) is 0 Å². The molecular weight excluding hydrogens is 322 g/mol. The maximum absolute atomic E-state index is 12.1. The van der Waals surface area contributed by atoms with E-state index in [2.05, 4.69) is 28.1 Å². The molecule has 2 aromatic rings. The number of thiophene rings is 1. The summed E-state index contributed by atoms with van der Waals surface area (Å²) < 4.78 is 0.994. The van der Waals surface area contributed by atoms with Crippen molar-refractivity contribution in [2.24, 2.45) is 0 Å². The van der Waals surface area contributed by atoms with E-state index >= 15 is 0 Å². The molecule has 0 aliphatic carbocycles. The third-order valence-corrected chi connectivity index (χ3v) is 4.54. The van der Waals surface area contributed by atoms with Crippen LogP contribution < -0.4 is 0 Å². The monoisotopic (exact) mass is 337 g/mol. The number of carbonyl (C=O) groups is 1. The van der Waals surface area contributed by atoms with Gasteiger partial charge in [0.05, 0.1) is 8.66 Å². The van der Waals surface area contributed by atoms with Crippen molar-refractivity contribution in [1.29, 1.82) is 0 Å². The van der Waals surface area contributed by atoms with E-state index in [0.29, 0.717) is 0 Å². The Balaban J connectivity index is 1.81. The van der Waals surface area contributed by atoms with Crippen LogP contribution >= 0.6 is 27.3 Å². The average molecular weight is 338 g/mol. The number of halogens is 1. The molecule has 0 fully saturated rings. The molecule has 0 N–H and O–H groups in total. The molecule has 0 saturated carbocycles. The molecule has 4 heteroatoms. The van der Waals surface area contributed by atoms with Gasteiger partial charge < -0.3 is 4.90 Å². The zero-order valence-electron chi connectivity index (χ0n) is 10.8. The molecule has 0 radical (unpaired) electrons. The minimum Gasteiger partial charge on any atom is -0.341 e. The lowest BCUT2D eigenvalue weighted by Gasteiger charge is -2.16. The third-order valence-electron chi connectivity index (χ3n) is 2.93. The lowest BCUT2D eigenvalue weighted by Crippen LogP contribution is -2.27. The molecule has 19 heavy (non-hydrogen) atoms. The highest BCUT2D eigenvalue weighted by molar-refractivity contribution is 9.11. The second-order valence-corrected chi connectivity index (χ2v) is 6.88. The smallest absolute Gasteiger partial charge is 0.263 e. The van der Waals surface area contributed by atoms with E-state index in [0.717, 1.165) is 28.0 Å². The van der Waals surface area contributed by atoms with Gasteiger partial charge in [0.1, 0.15) is 0 Å². The van der Waals surface area contributed by atoms with Gasteiger partial charge in [-0.05, 0) is 46.5 Å². The first-order valence-electron chi connectivity index (χ1n) is 6.21. The average Bonchev–Trinajstić information content (AvgIpc) is 2.85. The van der Waals surface area contributed by atoms with E-state index in [9.17, 15) is 4.79 Å². The van der Waals surface area contributed by atoms with Gasteiger partial charge in [-0.1, -0.05) is 30.3 Å². The summed E-state index contributed by atoms with van der Waals surface area (Å²) >= 11 is 4.86. The van der Waals surface area contributed by atoms with Crippen molar-refractivity contribution < 1.29 is 4.79 Å². The summed E-state index contributed by atoms with van der Waals surface area (Å²) in [6.45, 7) is 0.781. The highest BCUT2D eigenvalue weighted by Crippen LogP contribution is 2.23. The van der Waals surface area contributed by atoms with Crippen molar-refractivity contribution in [3.63, 3.8) is 0 Å². The molecule has 0 aliphatic heterocycles. The maximum atomic E-state index is 12.1. The fourth-order valence-corrected chi connectivity index (χ4v) is 3.26. The van der Waals surface area contributed by atoms with Crippen molar-refractivity contribution in [1.82, 2.24) is 4.90 Å². The lowest BCUT2D eigenvalue weighted by molar-refractivity contribution is 0.0798. The van der Waals surface area contributed by atoms with Gasteiger partial charge >= 0.3 is 0 Å². The number of amides is 1. The van der Waals surface area contributed by atoms with Crippen molar-refractivity contribution in [3.8, 4) is 0 Å². The molecule has 0 saturated heterocycles. The van der Waals surface area contributed by atoms with Crippen LogP contribution in [-0.2, 0) is 6.42 Å². The minimum absolute atomic E-state index is 0.101. The molecule has 0 atom stereocenters. The van der Waals surface area contributed by atoms with Crippen LogP contribution in [0.1, 0.15) is 21.7 Å². The summed E-state index contributed by atoms with van der Waals surface area (Å²) in [7, 11) is 1.86. The van der Waals surface area contributed by atoms with Crippen LogP contribution in [0.4, 0.5) is 0 Å². The molecule has 1 aromatic heterocycles. The topological polar surface area (TPSA) is 20.3 Å². The Hall–Kier alpha value is -1.13. The van der Waals surface area contributed by atoms with E-state index in [1.807, 2.05) is 37.4 Å². The Morgan fingerprint density at radius 1 is 1.21 bits per heavy atom. The molecule has 0 unspecified atom stereocenters. The van der Waals surface area contributed by atoms with E-state index in [4.69, 9.17) is 0 Å². The van der Waals surface area contributed by atoms with Gasteiger partial charge in [-0.3, -0.25) is 4.79 Å². The first-order chi connectivity index (χ1) is 9.16. The Bertz CT molecular complexity index is 538. The second kappa shape index (κ2) is 6.87. The standard InChI is InChI=1S/C15H16BrNOS/c1-17(15(18)13-9-10-14(16)19-13)11-5-8-12-6-3-2-4-7-12/h2-4,6-7,9-10H,5,8,11H2,1H3. The summed E-state index contributed by atoms with van der Waals surface area (Å²) in [5.41, 5.74) is 1.32. The fourth-order valence-electron chi connectivity index (χ4n) is 1.88. The van der Waals surface area contributed by atoms with Crippen LogP contribution in [0.2, 0.25) is 0 Å². The van der Waals surface area contributed by atoms with Gasteiger partial charge in [0.2, 0.25) is 0 Å². The molecule has 1 amide bonds. The molecule has 2 rings (SSSR count). The Kier molecular flexibility index (Phi) is 5.16. The highest BCUT2D eigenvalue weighted by Gasteiger charge is 2.13. The SMILES string of the molecule is CN(CCCc1ccccc1)C(=O)c1ccc(Br)s1. The molecular formula is C15H16BrNOS.